The summed E-state index contributed by atoms with van der Waals surface area (Å²) in [5.74, 6) is 0.330. The molecule has 2 aromatic rings. The van der Waals surface area contributed by atoms with E-state index in [-0.39, 0.29) is 23.8 Å². The summed E-state index contributed by atoms with van der Waals surface area (Å²) in [7, 11) is 1.79. The number of ether oxygens (including phenoxy) is 1. The Labute approximate surface area is 145 Å². The highest BCUT2D eigenvalue weighted by molar-refractivity contribution is 6.00. The van der Waals surface area contributed by atoms with Gasteiger partial charge in [-0.3, -0.25) is 9.59 Å². The molecule has 2 aliphatic heterocycles. The topological polar surface area (TPSA) is 78.5 Å². The number of nitrogens with one attached hydrogen (secondary N) is 1. The van der Waals surface area contributed by atoms with Crippen molar-refractivity contribution < 1.29 is 14.3 Å². The Bertz CT molecular complexity index is 789. The number of rotatable bonds is 2. The predicted octanol–water partition coefficient (Wildman–Crippen LogP) is 1.01. The molecule has 25 heavy (non-hydrogen) atoms. The van der Waals surface area contributed by atoms with Crippen LogP contribution in [-0.4, -0.2) is 71.0 Å². The second-order valence-corrected chi connectivity index (χ2v) is 6.53. The first kappa shape index (κ1) is 15.8. The van der Waals surface area contributed by atoms with E-state index in [1.54, 1.807) is 29.2 Å². The number of H-pyrrole nitrogens is 1. The van der Waals surface area contributed by atoms with Crippen LogP contribution in [0.3, 0.4) is 0 Å². The molecule has 0 unspecified atom stereocenters. The van der Waals surface area contributed by atoms with Crippen LogP contribution in [0.5, 0.6) is 0 Å². The predicted molar refractivity (Wildman–Crippen MR) is 90.8 cm³/mol. The summed E-state index contributed by atoms with van der Waals surface area (Å²) in [6.45, 7) is 1.68. The van der Waals surface area contributed by atoms with Crippen LogP contribution in [0.2, 0.25) is 0 Å². The van der Waals surface area contributed by atoms with E-state index in [0.29, 0.717) is 37.7 Å². The number of carbonyl (C=O) groups is 2. The lowest BCUT2D eigenvalue weighted by Gasteiger charge is -2.29. The molecule has 7 nitrogen and oxygen atoms in total. The van der Waals surface area contributed by atoms with Crippen molar-refractivity contribution in [2.45, 2.75) is 6.04 Å². The molecule has 2 fully saturated rings. The largest absolute Gasteiger partial charge is 0.378 e. The quantitative estimate of drug-likeness (QED) is 0.885. The van der Waals surface area contributed by atoms with Gasteiger partial charge in [0.15, 0.2) is 0 Å². The van der Waals surface area contributed by atoms with Crippen molar-refractivity contribution in [3.8, 4) is 11.4 Å². The van der Waals surface area contributed by atoms with Gasteiger partial charge in [-0.05, 0) is 6.07 Å². The highest BCUT2D eigenvalue weighted by Crippen LogP contribution is 2.25. The first-order chi connectivity index (χ1) is 12.1. The summed E-state index contributed by atoms with van der Waals surface area (Å²) < 4.78 is 5.60. The van der Waals surface area contributed by atoms with Crippen molar-refractivity contribution in [1.82, 2.24) is 19.8 Å². The fourth-order valence-corrected chi connectivity index (χ4v) is 3.52. The molecule has 0 spiro atoms. The fourth-order valence-electron chi connectivity index (χ4n) is 3.52. The number of imidazole rings is 1. The summed E-state index contributed by atoms with van der Waals surface area (Å²) in [6, 6.07) is 7.31. The van der Waals surface area contributed by atoms with E-state index < -0.39 is 0 Å². The number of benzene rings is 1. The molecular weight excluding hydrogens is 320 g/mol. The molecule has 3 heterocycles. The summed E-state index contributed by atoms with van der Waals surface area (Å²) in [5, 5.41) is 0. The van der Waals surface area contributed by atoms with Crippen molar-refractivity contribution in [2.24, 2.45) is 5.92 Å². The van der Waals surface area contributed by atoms with Crippen molar-refractivity contribution in [2.75, 3.05) is 33.4 Å². The average Bonchev–Trinajstić information content (AvgIpc) is 3.07. The number of nitrogens with zero attached hydrogens (tertiary/aromatic N) is 3. The van der Waals surface area contributed by atoms with Gasteiger partial charge in [0.05, 0.1) is 30.7 Å². The molecule has 2 bridgehead atoms. The van der Waals surface area contributed by atoms with Crippen molar-refractivity contribution in [3.63, 3.8) is 0 Å². The molecule has 0 radical (unpaired) electrons. The van der Waals surface area contributed by atoms with Gasteiger partial charge < -0.3 is 19.5 Å². The Balaban J connectivity index is 1.67. The number of aromatic nitrogens is 2. The first-order valence-electron chi connectivity index (χ1n) is 8.37. The van der Waals surface area contributed by atoms with Crippen LogP contribution in [0.1, 0.15) is 10.4 Å². The zero-order chi connectivity index (χ0) is 17.4. The Morgan fingerprint density at radius 1 is 1.28 bits per heavy atom. The average molecular weight is 340 g/mol. The molecule has 2 saturated heterocycles. The molecule has 130 valence electrons. The van der Waals surface area contributed by atoms with E-state index in [2.05, 4.69) is 9.97 Å². The van der Waals surface area contributed by atoms with E-state index in [1.807, 2.05) is 24.3 Å². The van der Waals surface area contributed by atoms with Gasteiger partial charge in [-0.1, -0.05) is 18.2 Å². The molecule has 2 atom stereocenters. The summed E-state index contributed by atoms with van der Waals surface area (Å²) in [6.07, 6.45) is 3.40. The van der Waals surface area contributed by atoms with Gasteiger partial charge in [0, 0.05) is 38.1 Å². The Morgan fingerprint density at radius 2 is 2.12 bits per heavy atom. The molecule has 7 heteroatoms. The standard InChI is InChI=1S/C18H20N4O3/c1-21-13-9-22(8-12(17(21)23)10-25-11-13)18(24)15-5-3-2-4-14(15)16-19-6-7-20-16/h2-7,12-13H,8-11H2,1H3,(H,19,20)/t12-,13+/m1/s1. The van der Waals surface area contributed by atoms with Crippen molar-refractivity contribution >= 4 is 11.8 Å². The third kappa shape index (κ3) is 2.80. The van der Waals surface area contributed by atoms with E-state index >= 15 is 0 Å². The Hall–Kier alpha value is -2.67. The van der Waals surface area contributed by atoms with Gasteiger partial charge in [0.25, 0.3) is 5.91 Å². The molecule has 4 rings (SSSR count). The maximum atomic E-state index is 13.2. The molecule has 0 aliphatic carbocycles. The van der Waals surface area contributed by atoms with Crippen LogP contribution in [0, 0.1) is 5.92 Å². The molecule has 1 aromatic carbocycles. The normalized spacial score (nSPS) is 23.5. The van der Waals surface area contributed by atoms with E-state index in [4.69, 9.17) is 4.74 Å². The maximum absolute atomic E-state index is 13.2. The minimum atomic E-state index is -0.308. The van der Waals surface area contributed by atoms with Crippen LogP contribution >= 0.6 is 0 Å². The minimum absolute atomic E-state index is 0.0529. The van der Waals surface area contributed by atoms with Crippen LogP contribution in [0.25, 0.3) is 11.4 Å². The van der Waals surface area contributed by atoms with Gasteiger partial charge in [-0.15, -0.1) is 0 Å². The number of aromatic amines is 1. The zero-order valence-corrected chi connectivity index (χ0v) is 14.0. The Kier molecular flexibility index (Phi) is 4.01. The molecule has 0 saturated carbocycles. The lowest BCUT2D eigenvalue weighted by molar-refractivity contribution is -0.133. The summed E-state index contributed by atoms with van der Waals surface area (Å²) in [4.78, 5) is 36.5. The maximum Gasteiger partial charge on any atom is 0.254 e. The molecule has 2 amide bonds. The number of amides is 2. The fraction of sp³-hybridized carbons (Fsp3) is 0.389. The third-order valence-electron chi connectivity index (χ3n) is 4.94. The third-order valence-corrected chi connectivity index (χ3v) is 4.94. The number of hydrogen-bond donors (Lipinski definition) is 1. The molecule has 1 aromatic heterocycles. The van der Waals surface area contributed by atoms with Crippen LogP contribution < -0.4 is 0 Å². The zero-order valence-electron chi connectivity index (χ0n) is 14.0. The smallest absolute Gasteiger partial charge is 0.254 e. The second-order valence-electron chi connectivity index (χ2n) is 6.53. The lowest BCUT2D eigenvalue weighted by Crippen LogP contribution is -2.45. The highest BCUT2D eigenvalue weighted by atomic mass is 16.5. The number of hydrogen-bond acceptors (Lipinski definition) is 4. The van der Waals surface area contributed by atoms with Crippen molar-refractivity contribution in [3.05, 3.63) is 42.2 Å². The second kappa shape index (κ2) is 6.33. The van der Waals surface area contributed by atoms with E-state index in [9.17, 15) is 9.59 Å². The van der Waals surface area contributed by atoms with E-state index in [1.165, 1.54) is 0 Å². The highest BCUT2D eigenvalue weighted by Gasteiger charge is 2.39. The number of carbonyl (C=O) groups excluding carboxylic acids is 2. The lowest BCUT2D eigenvalue weighted by atomic mass is 10.0. The molecule has 1 N–H and O–H groups in total. The van der Waals surface area contributed by atoms with Gasteiger partial charge in [-0.25, -0.2) is 4.98 Å². The van der Waals surface area contributed by atoms with Gasteiger partial charge in [-0.2, -0.15) is 0 Å². The number of fused-ring (bicyclic) bond motifs is 3. The van der Waals surface area contributed by atoms with Gasteiger partial charge >= 0.3 is 0 Å². The van der Waals surface area contributed by atoms with Crippen LogP contribution in [-0.2, 0) is 9.53 Å². The monoisotopic (exact) mass is 340 g/mol. The van der Waals surface area contributed by atoms with Gasteiger partial charge in [0.2, 0.25) is 5.91 Å². The summed E-state index contributed by atoms with van der Waals surface area (Å²) >= 11 is 0. The van der Waals surface area contributed by atoms with Crippen LogP contribution in [0.4, 0.5) is 0 Å². The number of likely N-dealkylation sites (N-methyl/N-ethyl adjacent to an activating group) is 1. The minimum Gasteiger partial charge on any atom is -0.378 e. The Morgan fingerprint density at radius 3 is 2.92 bits per heavy atom. The van der Waals surface area contributed by atoms with Gasteiger partial charge in [0.1, 0.15) is 5.82 Å². The van der Waals surface area contributed by atoms with Crippen LogP contribution in [0.15, 0.2) is 36.7 Å². The first-order valence-corrected chi connectivity index (χ1v) is 8.37. The van der Waals surface area contributed by atoms with E-state index in [0.717, 1.165) is 5.56 Å². The van der Waals surface area contributed by atoms with Crippen molar-refractivity contribution in [1.29, 1.82) is 0 Å². The SMILES string of the molecule is CN1C(=O)[C@H]2COC[C@@H]1CN(C(=O)c1ccccc1-c1ncc[nH]1)C2. The summed E-state index contributed by atoms with van der Waals surface area (Å²) in [5.41, 5.74) is 1.36. The molecular formula is C18H20N4O3. The molecule has 2 aliphatic rings.